The van der Waals surface area contributed by atoms with Gasteiger partial charge in [-0.1, -0.05) is 42.5 Å². The Morgan fingerprint density at radius 3 is 2.52 bits per heavy atom. The van der Waals surface area contributed by atoms with Gasteiger partial charge in [-0.15, -0.1) is 11.3 Å². The fourth-order valence-electron chi connectivity index (χ4n) is 2.66. The molecule has 0 aliphatic rings. The monoisotopic (exact) mass is 347 g/mol. The lowest BCUT2D eigenvalue weighted by Crippen LogP contribution is -2.02. The second kappa shape index (κ2) is 7.01. The van der Waals surface area contributed by atoms with E-state index in [-0.39, 0.29) is 0 Å². The lowest BCUT2D eigenvalue weighted by atomic mass is 10.1. The molecule has 0 aliphatic carbocycles. The summed E-state index contributed by atoms with van der Waals surface area (Å²) in [5.41, 5.74) is 7.96. The van der Waals surface area contributed by atoms with Gasteiger partial charge < -0.3 is 10.5 Å². The third-order valence-corrected chi connectivity index (χ3v) is 5.01. The first-order chi connectivity index (χ1) is 12.3. The zero-order valence-corrected chi connectivity index (χ0v) is 14.4. The van der Waals surface area contributed by atoms with Crippen LogP contribution in [0, 0.1) is 0 Å². The van der Waals surface area contributed by atoms with Gasteiger partial charge in [0.25, 0.3) is 0 Å². The minimum atomic E-state index is 0.579. The summed E-state index contributed by atoms with van der Waals surface area (Å²) in [6.07, 6.45) is 2.41. The first kappa shape index (κ1) is 15.7. The topological polar surface area (TPSA) is 61.0 Å². The van der Waals surface area contributed by atoms with E-state index in [4.69, 9.17) is 10.5 Å². The normalized spacial score (nSPS) is 10.9. The predicted octanol–water partition coefficient (Wildman–Crippen LogP) is 4.65. The van der Waals surface area contributed by atoms with E-state index in [1.54, 1.807) is 17.7 Å². The molecule has 2 heterocycles. The van der Waals surface area contributed by atoms with Gasteiger partial charge in [-0.3, -0.25) is 0 Å². The Morgan fingerprint density at radius 2 is 1.76 bits per heavy atom. The summed E-state index contributed by atoms with van der Waals surface area (Å²) in [6, 6.07) is 20.3. The smallest absolute Gasteiger partial charge is 0.231 e. The third kappa shape index (κ3) is 3.38. The molecule has 5 heteroatoms. The maximum atomic E-state index is 6.00. The van der Waals surface area contributed by atoms with E-state index in [2.05, 4.69) is 28.2 Å². The zero-order valence-electron chi connectivity index (χ0n) is 13.6. The van der Waals surface area contributed by atoms with E-state index in [9.17, 15) is 0 Å². The number of nitrogens with zero attached hydrogens (tertiary/aromatic N) is 2. The van der Waals surface area contributed by atoms with Crippen LogP contribution in [-0.2, 0) is 6.42 Å². The minimum absolute atomic E-state index is 0.579. The lowest BCUT2D eigenvalue weighted by Gasteiger charge is -2.06. The quantitative estimate of drug-likeness (QED) is 0.571. The van der Waals surface area contributed by atoms with Gasteiger partial charge in [-0.2, -0.15) is 0 Å². The van der Waals surface area contributed by atoms with Crippen molar-refractivity contribution in [1.82, 2.24) is 9.97 Å². The van der Waals surface area contributed by atoms with Crippen LogP contribution in [0.4, 0.5) is 0 Å². The molecule has 0 saturated carbocycles. The number of nitrogens with two attached hydrogens (primary N) is 1. The van der Waals surface area contributed by atoms with E-state index in [0.717, 1.165) is 27.3 Å². The molecule has 0 fully saturated rings. The van der Waals surface area contributed by atoms with Crippen LogP contribution in [0.25, 0.3) is 20.7 Å². The highest BCUT2D eigenvalue weighted by Gasteiger charge is 2.11. The van der Waals surface area contributed by atoms with Crippen molar-refractivity contribution in [2.45, 2.75) is 6.42 Å². The molecule has 0 atom stereocenters. The molecule has 0 bridgehead atoms. The molecule has 25 heavy (non-hydrogen) atoms. The highest BCUT2D eigenvalue weighted by atomic mass is 32.1. The van der Waals surface area contributed by atoms with Crippen molar-refractivity contribution in [3.05, 3.63) is 72.6 Å². The second-order valence-corrected chi connectivity index (χ2v) is 6.69. The number of hydrogen-bond donors (Lipinski definition) is 1. The molecule has 0 aliphatic heterocycles. The van der Waals surface area contributed by atoms with Crippen molar-refractivity contribution < 1.29 is 4.74 Å². The van der Waals surface area contributed by atoms with Gasteiger partial charge in [0.15, 0.2) is 0 Å². The van der Waals surface area contributed by atoms with E-state index in [1.807, 2.05) is 42.5 Å². The molecular weight excluding hydrogens is 330 g/mol. The molecule has 0 amide bonds. The van der Waals surface area contributed by atoms with Crippen molar-refractivity contribution in [1.29, 1.82) is 0 Å². The van der Waals surface area contributed by atoms with Gasteiger partial charge in [0, 0.05) is 4.88 Å². The molecule has 124 valence electrons. The van der Waals surface area contributed by atoms with Crippen LogP contribution in [-0.4, -0.2) is 16.5 Å². The van der Waals surface area contributed by atoms with Crippen LogP contribution in [0.15, 0.2) is 67.0 Å². The maximum Gasteiger partial charge on any atom is 0.231 e. The third-order valence-electron chi connectivity index (χ3n) is 3.92. The van der Waals surface area contributed by atoms with Gasteiger partial charge in [-0.05, 0) is 42.3 Å². The SMILES string of the molecule is NCCc1ccc(Oc2ncnc3sc(-c4ccccc4)cc23)cc1. The molecule has 0 spiro atoms. The van der Waals surface area contributed by atoms with E-state index in [0.29, 0.717) is 12.4 Å². The lowest BCUT2D eigenvalue weighted by molar-refractivity contribution is 0.468. The van der Waals surface area contributed by atoms with E-state index >= 15 is 0 Å². The fourth-order valence-corrected chi connectivity index (χ4v) is 3.66. The van der Waals surface area contributed by atoms with Gasteiger partial charge in [0.1, 0.15) is 16.9 Å². The van der Waals surface area contributed by atoms with Crippen molar-refractivity contribution >= 4 is 21.6 Å². The van der Waals surface area contributed by atoms with Crippen molar-refractivity contribution in [3.63, 3.8) is 0 Å². The van der Waals surface area contributed by atoms with Crippen LogP contribution in [0.2, 0.25) is 0 Å². The van der Waals surface area contributed by atoms with Crippen molar-refractivity contribution in [2.75, 3.05) is 6.54 Å². The first-order valence-electron chi connectivity index (χ1n) is 8.10. The number of ether oxygens (including phenoxy) is 1. The van der Waals surface area contributed by atoms with Crippen LogP contribution >= 0.6 is 11.3 Å². The summed E-state index contributed by atoms with van der Waals surface area (Å²) in [4.78, 5) is 10.8. The van der Waals surface area contributed by atoms with E-state index in [1.165, 1.54) is 11.1 Å². The van der Waals surface area contributed by atoms with Crippen LogP contribution in [0.5, 0.6) is 11.6 Å². The molecule has 0 unspecified atom stereocenters. The molecule has 2 aromatic heterocycles. The first-order valence-corrected chi connectivity index (χ1v) is 8.92. The number of fused-ring (bicyclic) bond motifs is 1. The Labute approximate surface area is 149 Å². The molecule has 0 saturated heterocycles. The fraction of sp³-hybridized carbons (Fsp3) is 0.100. The van der Waals surface area contributed by atoms with Crippen LogP contribution in [0.3, 0.4) is 0 Å². The summed E-state index contributed by atoms with van der Waals surface area (Å²) in [5, 5.41) is 0.928. The second-order valence-electron chi connectivity index (χ2n) is 5.66. The Hall–Kier alpha value is -2.76. The zero-order chi connectivity index (χ0) is 17.1. The summed E-state index contributed by atoms with van der Waals surface area (Å²) in [5.74, 6) is 1.34. The maximum absolute atomic E-state index is 6.00. The Morgan fingerprint density at radius 1 is 0.960 bits per heavy atom. The van der Waals surface area contributed by atoms with Gasteiger partial charge in [0.2, 0.25) is 5.88 Å². The Bertz CT molecular complexity index is 981. The molecule has 2 aromatic carbocycles. The number of hydrogen-bond acceptors (Lipinski definition) is 5. The Balaban J connectivity index is 1.66. The average Bonchev–Trinajstić information content (AvgIpc) is 3.10. The van der Waals surface area contributed by atoms with Gasteiger partial charge >= 0.3 is 0 Å². The number of rotatable bonds is 5. The molecular formula is C20H17N3OS. The highest BCUT2D eigenvalue weighted by molar-refractivity contribution is 7.21. The minimum Gasteiger partial charge on any atom is -0.438 e. The van der Waals surface area contributed by atoms with Gasteiger partial charge in [-0.25, -0.2) is 9.97 Å². The van der Waals surface area contributed by atoms with Crippen molar-refractivity contribution in [3.8, 4) is 22.1 Å². The van der Waals surface area contributed by atoms with Crippen molar-refractivity contribution in [2.24, 2.45) is 5.73 Å². The van der Waals surface area contributed by atoms with E-state index < -0.39 is 0 Å². The molecule has 4 rings (SSSR count). The Kier molecular flexibility index (Phi) is 4.41. The van der Waals surface area contributed by atoms with Gasteiger partial charge in [0.05, 0.1) is 5.39 Å². The molecule has 2 N–H and O–H groups in total. The summed E-state index contributed by atoms with van der Waals surface area (Å²) in [7, 11) is 0. The summed E-state index contributed by atoms with van der Waals surface area (Å²) < 4.78 is 6.00. The van der Waals surface area contributed by atoms with Crippen LogP contribution < -0.4 is 10.5 Å². The molecule has 4 nitrogen and oxygen atoms in total. The van der Waals surface area contributed by atoms with Crippen LogP contribution in [0.1, 0.15) is 5.56 Å². The molecule has 4 aromatic rings. The number of thiophene rings is 1. The summed E-state index contributed by atoms with van der Waals surface area (Å²) >= 11 is 1.64. The predicted molar refractivity (Wildman–Crippen MR) is 102 cm³/mol. The largest absolute Gasteiger partial charge is 0.438 e. The summed E-state index contributed by atoms with van der Waals surface area (Å²) in [6.45, 7) is 0.643. The highest BCUT2D eigenvalue weighted by Crippen LogP contribution is 2.36. The number of benzene rings is 2. The standard InChI is InChI=1S/C20H17N3OS/c21-11-10-14-6-8-16(9-7-14)24-19-17-12-18(15-4-2-1-3-5-15)25-20(17)23-13-22-19/h1-9,12-13H,10-11,21H2. The molecule has 0 radical (unpaired) electrons. The average molecular weight is 347 g/mol. The number of aromatic nitrogens is 2.